The summed E-state index contributed by atoms with van der Waals surface area (Å²) in [4.78, 5) is 3.50. The van der Waals surface area contributed by atoms with Crippen molar-refractivity contribution in [3.05, 3.63) is 104 Å². The molecule has 0 bridgehead atoms. The Morgan fingerprint density at radius 2 is 1.77 bits per heavy atom. The van der Waals surface area contributed by atoms with Gasteiger partial charge in [0.1, 0.15) is 5.82 Å². The molecule has 0 fully saturated rings. The first-order valence-electron chi connectivity index (χ1n) is 10.2. The predicted molar refractivity (Wildman–Crippen MR) is 131 cm³/mol. The third-order valence-electron chi connectivity index (χ3n) is 5.12. The first-order valence-corrected chi connectivity index (χ1v) is 11.9. The minimum Gasteiger partial charge on any atom is -0.303 e. The molecule has 0 radical (unpaired) electrons. The van der Waals surface area contributed by atoms with Gasteiger partial charge in [-0.3, -0.25) is 4.90 Å². The van der Waals surface area contributed by atoms with E-state index in [2.05, 4.69) is 70.4 Å². The number of hydrogen-bond acceptors (Lipinski definition) is 4. The topological polar surface area (TPSA) is 26.0 Å². The van der Waals surface area contributed by atoms with Crippen LogP contribution in [0.5, 0.6) is 0 Å². The Balaban J connectivity index is 1.53. The molecule has 7 heteroatoms. The van der Waals surface area contributed by atoms with Crippen LogP contribution in [0.25, 0.3) is 0 Å². The predicted octanol–water partition coefficient (Wildman–Crippen LogP) is 6.05. The Labute approximate surface area is 197 Å². The molecule has 2 heterocycles. The van der Waals surface area contributed by atoms with Crippen molar-refractivity contribution >= 4 is 35.2 Å². The molecule has 0 saturated carbocycles. The molecule has 0 aliphatic carbocycles. The van der Waals surface area contributed by atoms with E-state index in [9.17, 15) is 0 Å². The van der Waals surface area contributed by atoms with Gasteiger partial charge in [0.05, 0.1) is 6.67 Å². The molecule has 0 N–H and O–H groups in total. The number of rotatable bonds is 9. The summed E-state index contributed by atoms with van der Waals surface area (Å²) in [5.41, 5.74) is 2.51. The summed E-state index contributed by atoms with van der Waals surface area (Å²) < 4.78 is 4.91. The molecule has 0 aliphatic rings. The number of thiophene rings is 1. The van der Waals surface area contributed by atoms with Gasteiger partial charge in [-0.15, -0.1) is 11.3 Å². The molecule has 0 aliphatic heterocycles. The molecule has 0 unspecified atom stereocenters. The van der Waals surface area contributed by atoms with Gasteiger partial charge in [-0.2, -0.15) is 5.10 Å². The quantitative estimate of drug-likeness (QED) is 0.279. The SMILES string of the molecule is CN(Cc1ccc(Cl)cc1)Cn1nc(Cc2cccs2)n(CCc2ccccc2)c1=S. The van der Waals surface area contributed by atoms with Crippen molar-refractivity contribution in [3.63, 3.8) is 0 Å². The average molecular weight is 469 g/mol. The number of hydrogen-bond donors (Lipinski definition) is 0. The first-order chi connectivity index (χ1) is 15.1. The second-order valence-electron chi connectivity index (χ2n) is 7.62. The number of benzene rings is 2. The third-order valence-corrected chi connectivity index (χ3v) is 6.68. The zero-order valence-corrected chi connectivity index (χ0v) is 19.8. The van der Waals surface area contributed by atoms with Gasteiger partial charge >= 0.3 is 0 Å². The molecular formula is C24H25ClN4S2. The van der Waals surface area contributed by atoms with Crippen molar-refractivity contribution in [1.82, 2.24) is 19.2 Å². The summed E-state index contributed by atoms with van der Waals surface area (Å²) in [6, 6.07) is 22.7. The fraction of sp³-hybridized carbons (Fsp3) is 0.250. The zero-order chi connectivity index (χ0) is 21.6. The van der Waals surface area contributed by atoms with E-state index in [1.807, 2.05) is 22.9 Å². The molecule has 4 rings (SSSR count). The highest BCUT2D eigenvalue weighted by Crippen LogP contribution is 2.16. The van der Waals surface area contributed by atoms with Gasteiger partial charge in [0.2, 0.25) is 0 Å². The number of aryl methyl sites for hydroxylation is 1. The Hall–Kier alpha value is -2.25. The summed E-state index contributed by atoms with van der Waals surface area (Å²) in [5.74, 6) is 1.02. The van der Waals surface area contributed by atoms with Gasteiger partial charge in [-0.1, -0.05) is 60.1 Å². The van der Waals surface area contributed by atoms with Crippen LogP contribution in [0.2, 0.25) is 5.02 Å². The van der Waals surface area contributed by atoms with E-state index in [0.717, 1.165) is 41.5 Å². The van der Waals surface area contributed by atoms with Gasteiger partial charge < -0.3 is 4.57 Å². The summed E-state index contributed by atoms with van der Waals surface area (Å²) in [5, 5.41) is 7.77. The van der Waals surface area contributed by atoms with E-state index in [-0.39, 0.29) is 0 Å². The fourth-order valence-electron chi connectivity index (χ4n) is 3.57. The van der Waals surface area contributed by atoms with Crippen molar-refractivity contribution in [3.8, 4) is 0 Å². The zero-order valence-electron chi connectivity index (χ0n) is 17.4. The Kier molecular flexibility index (Phi) is 7.35. The highest BCUT2D eigenvalue weighted by atomic mass is 35.5. The van der Waals surface area contributed by atoms with Crippen LogP contribution < -0.4 is 0 Å². The number of aromatic nitrogens is 3. The molecular weight excluding hydrogens is 444 g/mol. The number of halogens is 1. The largest absolute Gasteiger partial charge is 0.303 e. The lowest BCUT2D eigenvalue weighted by atomic mass is 10.1. The number of nitrogens with zero attached hydrogens (tertiary/aromatic N) is 4. The minimum atomic E-state index is 0.636. The van der Waals surface area contributed by atoms with Crippen LogP contribution in [0.1, 0.15) is 21.8 Å². The second-order valence-corrected chi connectivity index (χ2v) is 9.46. The van der Waals surface area contributed by atoms with E-state index in [0.29, 0.717) is 6.67 Å². The molecule has 2 aromatic carbocycles. The van der Waals surface area contributed by atoms with E-state index >= 15 is 0 Å². The summed E-state index contributed by atoms with van der Waals surface area (Å²) in [7, 11) is 2.08. The van der Waals surface area contributed by atoms with Crippen LogP contribution in [0.15, 0.2) is 72.1 Å². The Morgan fingerprint density at radius 1 is 1.00 bits per heavy atom. The fourth-order valence-corrected chi connectivity index (χ4v) is 4.69. The highest BCUT2D eigenvalue weighted by molar-refractivity contribution is 7.71. The molecule has 0 amide bonds. The molecule has 4 nitrogen and oxygen atoms in total. The lowest BCUT2D eigenvalue weighted by Crippen LogP contribution is -2.22. The van der Waals surface area contributed by atoms with Gasteiger partial charge in [0, 0.05) is 29.4 Å². The summed E-state index contributed by atoms with van der Waals surface area (Å²) in [6.07, 6.45) is 1.73. The molecule has 4 aromatic rings. The second kappa shape index (κ2) is 10.4. The lowest BCUT2D eigenvalue weighted by molar-refractivity contribution is 0.243. The van der Waals surface area contributed by atoms with Crippen LogP contribution >= 0.6 is 35.2 Å². The van der Waals surface area contributed by atoms with Gasteiger partial charge in [-0.05, 0) is 60.4 Å². The average Bonchev–Trinajstić information content (AvgIpc) is 3.38. The Morgan fingerprint density at radius 3 is 2.48 bits per heavy atom. The highest BCUT2D eigenvalue weighted by Gasteiger charge is 2.14. The van der Waals surface area contributed by atoms with Crippen LogP contribution in [-0.2, 0) is 32.6 Å². The van der Waals surface area contributed by atoms with Crippen LogP contribution in [0.4, 0.5) is 0 Å². The van der Waals surface area contributed by atoms with E-state index < -0.39 is 0 Å². The van der Waals surface area contributed by atoms with Crippen molar-refractivity contribution in [2.45, 2.75) is 32.6 Å². The van der Waals surface area contributed by atoms with E-state index in [4.69, 9.17) is 28.9 Å². The molecule has 0 atom stereocenters. The normalized spacial score (nSPS) is 11.3. The Bertz CT molecular complexity index is 1150. The van der Waals surface area contributed by atoms with Crippen molar-refractivity contribution < 1.29 is 0 Å². The summed E-state index contributed by atoms with van der Waals surface area (Å²) in [6.45, 7) is 2.26. The molecule has 160 valence electrons. The van der Waals surface area contributed by atoms with Gasteiger partial charge in [0.15, 0.2) is 4.77 Å². The molecule has 0 spiro atoms. The minimum absolute atomic E-state index is 0.636. The molecule has 31 heavy (non-hydrogen) atoms. The molecule has 2 aromatic heterocycles. The maximum atomic E-state index is 6.01. The third kappa shape index (κ3) is 5.92. The maximum absolute atomic E-state index is 6.01. The van der Waals surface area contributed by atoms with E-state index in [1.165, 1.54) is 16.0 Å². The smallest absolute Gasteiger partial charge is 0.199 e. The van der Waals surface area contributed by atoms with Crippen LogP contribution in [0.3, 0.4) is 0 Å². The van der Waals surface area contributed by atoms with Gasteiger partial charge in [-0.25, -0.2) is 4.68 Å². The van der Waals surface area contributed by atoms with Crippen LogP contribution in [-0.4, -0.2) is 26.3 Å². The summed E-state index contributed by atoms with van der Waals surface area (Å²) >= 11 is 13.6. The van der Waals surface area contributed by atoms with Crippen molar-refractivity contribution in [1.29, 1.82) is 0 Å². The molecule has 0 saturated heterocycles. The van der Waals surface area contributed by atoms with Gasteiger partial charge in [0.25, 0.3) is 0 Å². The van der Waals surface area contributed by atoms with Crippen LogP contribution in [0, 0.1) is 4.77 Å². The van der Waals surface area contributed by atoms with Crippen molar-refractivity contribution in [2.75, 3.05) is 7.05 Å². The van der Waals surface area contributed by atoms with Crippen molar-refractivity contribution in [2.24, 2.45) is 0 Å². The lowest BCUT2D eigenvalue weighted by Gasteiger charge is -2.16. The standard InChI is InChI=1S/C24H25ClN4S2/c1-27(17-20-9-11-21(25)12-10-20)18-29-24(30)28(14-13-19-6-3-2-4-7-19)23(26-29)16-22-8-5-15-31-22/h2-12,15H,13-14,16-18H2,1H3. The monoisotopic (exact) mass is 468 g/mol. The van der Waals surface area contributed by atoms with E-state index in [1.54, 1.807) is 11.3 Å². The maximum Gasteiger partial charge on any atom is 0.199 e. The first kappa shape index (κ1) is 22.0.